The van der Waals surface area contributed by atoms with Crippen molar-refractivity contribution in [1.82, 2.24) is 5.32 Å². The molecule has 6 heteroatoms. The van der Waals surface area contributed by atoms with Crippen LogP contribution in [0.4, 0.5) is 5.69 Å². The molecule has 2 N–H and O–H groups in total. The van der Waals surface area contributed by atoms with E-state index in [2.05, 4.69) is 10.6 Å². The Morgan fingerprint density at radius 3 is 2.31 bits per heavy atom. The van der Waals surface area contributed by atoms with Gasteiger partial charge in [0.1, 0.15) is 5.75 Å². The molecule has 0 saturated heterocycles. The zero-order chi connectivity index (χ0) is 20.2. The van der Waals surface area contributed by atoms with Crippen molar-refractivity contribution >= 4 is 28.8 Å². The van der Waals surface area contributed by atoms with Crippen LogP contribution in [0, 0.1) is 5.92 Å². The van der Waals surface area contributed by atoms with Crippen LogP contribution in [0.15, 0.2) is 66.0 Å². The maximum absolute atomic E-state index is 12.8. The van der Waals surface area contributed by atoms with E-state index in [0.717, 1.165) is 24.2 Å². The first-order chi connectivity index (χ1) is 14.1. The first-order valence-corrected chi connectivity index (χ1v) is 10.4. The number of carbonyl (C=O) groups is 2. The van der Waals surface area contributed by atoms with Gasteiger partial charge in [-0.05, 0) is 72.2 Å². The summed E-state index contributed by atoms with van der Waals surface area (Å²) in [5, 5.41) is 7.87. The molecule has 1 atom stereocenters. The molecule has 1 unspecified atom stereocenters. The number of rotatable bonds is 7. The summed E-state index contributed by atoms with van der Waals surface area (Å²) in [4.78, 5) is 25.6. The van der Waals surface area contributed by atoms with Crippen LogP contribution in [0.25, 0.3) is 0 Å². The Balaban J connectivity index is 1.42. The fraction of sp³-hybridized carbons (Fsp3) is 0.217. The summed E-state index contributed by atoms with van der Waals surface area (Å²) in [6, 6.07) is 18.4. The van der Waals surface area contributed by atoms with Crippen molar-refractivity contribution in [3.8, 4) is 5.75 Å². The summed E-state index contributed by atoms with van der Waals surface area (Å²) in [5.41, 5.74) is 2.31. The summed E-state index contributed by atoms with van der Waals surface area (Å²) in [5.74, 6) is 1.01. The number of ether oxygens (including phenoxy) is 1. The van der Waals surface area contributed by atoms with Crippen LogP contribution in [0.5, 0.6) is 5.75 Å². The molecule has 2 aromatic carbocycles. The molecule has 1 aliphatic carbocycles. The van der Waals surface area contributed by atoms with Crippen LogP contribution in [0.1, 0.15) is 44.5 Å². The quantitative estimate of drug-likeness (QED) is 0.587. The maximum atomic E-state index is 12.8. The molecular weight excluding hydrogens is 384 g/mol. The van der Waals surface area contributed by atoms with Gasteiger partial charge in [0.15, 0.2) is 0 Å². The molecule has 0 spiro atoms. The van der Waals surface area contributed by atoms with Gasteiger partial charge in [0, 0.05) is 11.3 Å². The highest BCUT2D eigenvalue weighted by Crippen LogP contribution is 2.41. The summed E-state index contributed by atoms with van der Waals surface area (Å²) in [6.07, 6.45) is 2.23. The summed E-state index contributed by atoms with van der Waals surface area (Å²) >= 11 is 1.39. The van der Waals surface area contributed by atoms with Crippen LogP contribution >= 0.6 is 11.3 Å². The predicted molar refractivity (Wildman–Crippen MR) is 115 cm³/mol. The molecule has 0 bridgehead atoms. The van der Waals surface area contributed by atoms with Crippen LogP contribution in [0.3, 0.4) is 0 Å². The fourth-order valence-electron chi connectivity index (χ4n) is 3.24. The van der Waals surface area contributed by atoms with Gasteiger partial charge in [-0.1, -0.05) is 18.2 Å². The highest BCUT2D eigenvalue weighted by molar-refractivity contribution is 7.12. The van der Waals surface area contributed by atoms with Crippen molar-refractivity contribution in [2.24, 2.45) is 5.92 Å². The molecule has 1 aliphatic rings. The third kappa shape index (κ3) is 4.66. The van der Waals surface area contributed by atoms with Crippen molar-refractivity contribution in [2.75, 3.05) is 12.4 Å². The van der Waals surface area contributed by atoms with E-state index in [1.807, 2.05) is 35.7 Å². The molecule has 4 rings (SSSR count). The van der Waals surface area contributed by atoms with Gasteiger partial charge in [0.25, 0.3) is 11.8 Å². The van der Waals surface area contributed by atoms with E-state index in [1.54, 1.807) is 37.4 Å². The van der Waals surface area contributed by atoms with E-state index in [1.165, 1.54) is 11.3 Å². The third-order valence-corrected chi connectivity index (χ3v) is 5.87. The minimum absolute atomic E-state index is 0.00776. The van der Waals surface area contributed by atoms with Crippen molar-refractivity contribution < 1.29 is 14.3 Å². The molecule has 1 heterocycles. The normalized spacial score (nSPS) is 14.1. The first kappa shape index (κ1) is 19.2. The lowest BCUT2D eigenvalue weighted by molar-refractivity contribution is 0.0931. The molecule has 3 aromatic rings. The standard InChI is InChI=1S/C23H22N2O3S/c1-28-19-12-8-16(9-13-19)21(15-4-5-15)25-22(26)17-6-10-18(11-7-17)24-23(27)20-3-2-14-29-20/h2-3,6-15,21H,4-5H2,1H3,(H,24,27)(H,25,26). The number of thiophene rings is 1. The fourth-order valence-corrected chi connectivity index (χ4v) is 3.86. The van der Waals surface area contributed by atoms with E-state index in [-0.39, 0.29) is 17.9 Å². The second kappa shape index (κ2) is 8.49. The van der Waals surface area contributed by atoms with Gasteiger partial charge in [0.2, 0.25) is 0 Å². The Morgan fingerprint density at radius 1 is 1.00 bits per heavy atom. The number of methoxy groups -OCH3 is 1. The van der Waals surface area contributed by atoms with Gasteiger partial charge in [-0.15, -0.1) is 11.3 Å². The number of benzene rings is 2. The molecule has 1 fully saturated rings. The zero-order valence-corrected chi connectivity index (χ0v) is 16.9. The number of hydrogen-bond acceptors (Lipinski definition) is 4. The molecule has 5 nitrogen and oxygen atoms in total. The minimum Gasteiger partial charge on any atom is -0.497 e. The average Bonchev–Trinajstić information content (AvgIpc) is 3.44. The highest BCUT2D eigenvalue weighted by atomic mass is 32.1. The number of amides is 2. The summed E-state index contributed by atoms with van der Waals surface area (Å²) in [7, 11) is 1.64. The Bertz CT molecular complexity index is 978. The van der Waals surface area contributed by atoms with Crippen LogP contribution in [0.2, 0.25) is 0 Å². The summed E-state index contributed by atoms with van der Waals surface area (Å²) < 4.78 is 5.22. The second-order valence-corrected chi connectivity index (χ2v) is 8.02. The van der Waals surface area contributed by atoms with Gasteiger partial charge < -0.3 is 15.4 Å². The predicted octanol–water partition coefficient (Wildman–Crippen LogP) is 4.89. The van der Waals surface area contributed by atoms with Crippen molar-refractivity contribution in [3.05, 3.63) is 82.0 Å². The Hall–Kier alpha value is -3.12. The molecule has 0 aliphatic heterocycles. The lowest BCUT2D eigenvalue weighted by Gasteiger charge is -2.19. The molecule has 148 valence electrons. The van der Waals surface area contributed by atoms with Crippen molar-refractivity contribution in [3.63, 3.8) is 0 Å². The maximum Gasteiger partial charge on any atom is 0.265 e. The molecule has 1 aromatic heterocycles. The first-order valence-electron chi connectivity index (χ1n) is 9.54. The Labute approximate surface area is 173 Å². The smallest absolute Gasteiger partial charge is 0.265 e. The van der Waals surface area contributed by atoms with Gasteiger partial charge in [0.05, 0.1) is 18.0 Å². The molecule has 29 heavy (non-hydrogen) atoms. The molecule has 2 amide bonds. The Morgan fingerprint density at radius 2 is 1.72 bits per heavy atom. The number of nitrogens with one attached hydrogen (secondary N) is 2. The topological polar surface area (TPSA) is 67.4 Å². The van der Waals surface area contributed by atoms with Crippen molar-refractivity contribution in [2.45, 2.75) is 18.9 Å². The molecular formula is C23H22N2O3S. The third-order valence-electron chi connectivity index (χ3n) is 5.00. The highest BCUT2D eigenvalue weighted by Gasteiger charge is 2.33. The second-order valence-electron chi connectivity index (χ2n) is 7.07. The van der Waals surface area contributed by atoms with Crippen molar-refractivity contribution in [1.29, 1.82) is 0 Å². The van der Waals surface area contributed by atoms with Crippen LogP contribution in [-0.4, -0.2) is 18.9 Å². The van der Waals surface area contributed by atoms with Crippen LogP contribution < -0.4 is 15.4 Å². The SMILES string of the molecule is COc1ccc(C(NC(=O)c2ccc(NC(=O)c3cccs3)cc2)C2CC2)cc1. The van der Waals surface area contributed by atoms with Crippen LogP contribution in [-0.2, 0) is 0 Å². The molecule has 1 saturated carbocycles. The van der Waals surface area contributed by atoms with Gasteiger partial charge >= 0.3 is 0 Å². The summed E-state index contributed by atoms with van der Waals surface area (Å²) in [6.45, 7) is 0. The van der Waals surface area contributed by atoms with E-state index < -0.39 is 0 Å². The van der Waals surface area contributed by atoms with Gasteiger partial charge in [-0.2, -0.15) is 0 Å². The lowest BCUT2D eigenvalue weighted by Crippen LogP contribution is -2.29. The molecule has 0 radical (unpaired) electrons. The van der Waals surface area contributed by atoms with E-state index in [4.69, 9.17) is 4.74 Å². The van der Waals surface area contributed by atoms with E-state index >= 15 is 0 Å². The monoisotopic (exact) mass is 406 g/mol. The Kier molecular flexibility index (Phi) is 5.62. The lowest BCUT2D eigenvalue weighted by atomic mass is 10.0. The number of carbonyl (C=O) groups excluding carboxylic acids is 2. The number of anilines is 1. The zero-order valence-electron chi connectivity index (χ0n) is 16.1. The van der Waals surface area contributed by atoms with Gasteiger partial charge in [-0.3, -0.25) is 9.59 Å². The van der Waals surface area contributed by atoms with E-state index in [0.29, 0.717) is 22.0 Å². The van der Waals surface area contributed by atoms with Gasteiger partial charge in [-0.25, -0.2) is 0 Å². The average molecular weight is 407 g/mol. The minimum atomic E-state index is -0.148. The van der Waals surface area contributed by atoms with E-state index in [9.17, 15) is 9.59 Å². The number of hydrogen-bond donors (Lipinski definition) is 2. The largest absolute Gasteiger partial charge is 0.497 e.